The van der Waals surface area contributed by atoms with Crippen LogP contribution in [-0.4, -0.2) is 19.8 Å². The number of benzene rings is 1. The van der Waals surface area contributed by atoms with Gasteiger partial charge in [0.15, 0.2) is 0 Å². The van der Waals surface area contributed by atoms with Crippen molar-refractivity contribution in [2.45, 2.75) is 24.9 Å². The Bertz CT molecular complexity index is 335. The first kappa shape index (κ1) is 13.8. The van der Waals surface area contributed by atoms with E-state index in [0.29, 0.717) is 17.7 Å². The van der Waals surface area contributed by atoms with E-state index >= 15 is 0 Å². The molecule has 0 amide bonds. The number of methoxy groups -OCH3 is 1. The van der Waals surface area contributed by atoms with Crippen LogP contribution in [0.15, 0.2) is 24.3 Å². The summed E-state index contributed by atoms with van der Waals surface area (Å²) in [6.07, 6.45) is -4.68. The summed E-state index contributed by atoms with van der Waals surface area (Å²) in [5.74, 6) is 0.0539. The number of rotatable bonds is 5. The summed E-state index contributed by atoms with van der Waals surface area (Å²) >= 11 is 0. The summed E-state index contributed by atoms with van der Waals surface area (Å²) < 4.78 is 42.1. The van der Waals surface area contributed by atoms with Crippen LogP contribution in [0.3, 0.4) is 0 Å². The van der Waals surface area contributed by atoms with Crippen LogP contribution in [-0.2, 0) is 0 Å². The third kappa shape index (κ3) is 4.65. The van der Waals surface area contributed by atoms with Gasteiger partial charge in [-0.1, -0.05) is 12.1 Å². The molecule has 1 atom stereocenters. The molecular weight excluding hydrogens is 231 g/mol. The van der Waals surface area contributed by atoms with E-state index in [9.17, 15) is 13.2 Å². The SMILES string of the molecule is COc1ccc(C(CCN)CC(F)(F)F)cc1. The molecule has 17 heavy (non-hydrogen) atoms. The Morgan fingerprint density at radius 3 is 2.24 bits per heavy atom. The van der Waals surface area contributed by atoms with Crippen molar-refractivity contribution in [3.8, 4) is 5.75 Å². The standard InChI is InChI=1S/C12H16F3NO/c1-17-11-4-2-9(3-5-11)10(6-7-16)8-12(13,14)15/h2-5,10H,6-8,16H2,1H3. The van der Waals surface area contributed by atoms with Crippen LogP contribution < -0.4 is 10.5 Å². The molecule has 0 bridgehead atoms. The molecule has 0 heterocycles. The third-order valence-corrected chi connectivity index (χ3v) is 2.58. The number of alkyl halides is 3. The molecule has 1 aromatic carbocycles. The van der Waals surface area contributed by atoms with Crippen molar-refractivity contribution >= 4 is 0 Å². The first-order valence-electron chi connectivity index (χ1n) is 5.37. The summed E-state index contributed by atoms with van der Waals surface area (Å²) in [6.45, 7) is 0.243. The van der Waals surface area contributed by atoms with Gasteiger partial charge in [-0.25, -0.2) is 0 Å². The highest BCUT2D eigenvalue weighted by molar-refractivity contribution is 5.29. The van der Waals surface area contributed by atoms with E-state index in [2.05, 4.69) is 0 Å². The fraction of sp³-hybridized carbons (Fsp3) is 0.500. The first-order chi connectivity index (χ1) is 7.96. The maximum absolute atomic E-state index is 12.4. The zero-order valence-corrected chi connectivity index (χ0v) is 9.63. The summed E-state index contributed by atoms with van der Waals surface area (Å²) in [5.41, 5.74) is 6.00. The van der Waals surface area contributed by atoms with E-state index in [1.807, 2.05) is 0 Å². The van der Waals surface area contributed by atoms with Crippen molar-refractivity contribution in [2.24, 2.45) is 5.73 Å². The molecule has 0 radical (unpaired) electrons. The summed E-state index contributed by atoms with van der Waals surface area (Å²) in [7, 11) is 1.52. The van der Waals surface area contributed by atoms with Gasteiger partial charge >= 0.3 is 6.18 Å². The molecule has 1 unspecified atom stereocenters. The lowest BCUT2D eigenvalue weighted by Crippen LogP contribution is -2.16. The highest BCUT2D eigenvalue weighted by Crippen LogP contribution is 2.33. The molecule has 0 fully saturated rings. The van der Waals surface area contributed by atoms with Crippen LogP contribution in [0, 0.1) is 0 Å². The highest BCUT2D eigenvalue weighted by Gasteiger charge is 2.32. The molecule has 1 rings (SSSR count). The van der Waals surface area contributed by atoms with Gasteiger partial charge in [-0.3, -0.25) is 0 Å². The summed E-state index contributed by atoms with van der Waals surface area (Å²) in [6, 6.07) is 6.64. The van der Waals surface area contributed by atoms with Crippen LogP contribution in [0.25, 0.3) is 0 Å². The van der Waals surface area contributed by atoms with Gasteiger partial charge in [-0.15, -0.1) is 0 Å². The Morgan fingerprint density at radius 2 is 1.82 bits per heavy atom. The second-order valence-corrected chi connectivity index (χ2v) is 3.87. The van der Waals surface area contributed by atoms with Crippen LogP contribution >= 0.6 is 0 Å². The van der Waals surface area contributed by atoms with Crippen LogP contribution in [0.4, 0.5) is 13.2 Å². The number of nitrogens with two attached hydrogens (primary N) is 1. The van der Waals surface area contributed by atoms with Gasteiger partial charge in [-0.05, 0) is 36.6 Å². The monoisotopic (exact) mass is 247 g/mol. The molecule has 2 N–H and O–H groups in total. The number of ether oxygens (including phenoxy) is 1. The average Bonchev–Trinajstić information content (AvgIpc) is 2.27. The van der Waals surface area contributed by atoms with Crippen molar-refractivity contribution in [1.82, 2.24) is 0 Å². The Balaban J connectivity index is 2.81. The van der Waals surface area contributed by atoms with Crippen molar-refractivity contribution < 1.29 is 17.9 Å². The van der Waals surface area contributed by atoms with E-state index in [1.54, 1.807) is 24.3 Å². The van der Waals surface area contributed by atoms with E-state index in [4.69, 9.17) is 10.5 Å². The summed E-state index contributed by atoms with van der Waals surface area (Å²) in [5, 5.41) is 0. The molecule has 96 valence electrons. The van der Waals surface area contributed by atoms with Crippen molar-refractivity contribution in [2.75, 3.05) is 13.7 Å². The zero-order valence-electron chi connectivity index (χ0n) is 9.63. The molecule has 0 saturated carbocycles. The number of hydrogen-bond acceptors (Lipinski definition) is 2. The minimum atomic E-state index is -4.17. The van der Waals surface area contributed by atoms with E-state index in [1.165, 1.54) is 7.11 Å². The predicted molar refractivity (Wildman–Crippen MR) is 60.1 cm³/mol. The van der Waals surface area contributed by atoms with E-state index in [0.717, 1.165) is 0 Å². The first-order valence-corrected chi connectivity index (χ1v) is 5.37. The molecule has 1 aromatic rings. The number of hydrogen-bond donors (Lipinski definition) is 1. The second kappa shape index (κ2) is 5.91. The summed E-state index contributed by atoms with van der Waals surface area (Å²) in [4.78, 5) is 0. The minimum absolute atomic E-state index is 0.243. The molecule has 0 aromatic heterocycles. The van der Waals surface area contributed by atoms with Gasteiger partial charge < -0.3 is 10.5 Å². The molecule has 0 aliphatic rings. The molecule has 2 nitrogen and oxygen atoms in total. The second-order valence-electron chi connectivity index (χ2n) is 3.87. The topological polar surface area (TPSA) is 35.2 Å². The van der Waals surface area contributed by atoms with Crippen molar-refractivity contribution in [1.29, 1.82) is 0 Å². The van der Waals surface area contributed by atoms with Crippen LogP contribution in [0.5, 0.6) is 5.75 Å². The molecule has 5 heteroatoms. The molecule has 0 saturated heterocycles. The largest absolute Gasteiger partial charge is 0.497 e. The lowest BCUT2D eigenvalue weighted by atomic mass is 9.92. The van der Waals surface area contributed by atoms with Gasteiger partial charge in [-0.2, -0.15) is 13.2 Å². The molecule has 0 aliphatic carbocycles. The maximum Gasteiger partial charge on any atom is 0.389 e. The Labute approximate surface area is 98.6 Å². The fourth-order valence-electron chi connectivity index (χ4n) is 1.74. The Hall–Kier alpha value is -1.23. The lowest BCUT2D eigenvalue weighted by molar-refractivity contribution is -0.139. The zero-order chi connectivity index (χ0) is 12.9. The quantitative estimate of drug-likeness (QED) is 0.867. The minimum Gasteiger partial charge on any atom is -0.497 e. The van der Waals surface area contributed by atoms with E-state index in [-0.39, 0.29) is 6.54 Å². The third-order valence-electron chi connectivity index (χ3n) is 2.58. The van der Waals surface area contributed by atoms with Gasteiger partial charge in [0.2, 0.25) is 0 Å². The lowest BCUT2D eigenvalue weighted by Gasteiger charge is -2.18. The van der Waals surface area contributed by atoms with Gasteiger partial charge in [0.1, 0.15) is 5.75 Å². The molecule has 0 spiro atoms. The van der Waals surface area contributed by atoms with Crippen molar-refractivity contribution in [3.05, 3.63) is 29.8 Å². The van der Waals surface area contributed by atoms with Gasteiger partial charge in [0, 0.05) is 0 Å². The van der Waals surface area contributed by atoms with Crippen LogP contribution in [0.2, 0.25) is 0 Å². The van der Waals surface area contributed by atoms with E-state index < -0.39 is 18.5 Å². The van der Waals surface area contributed by atoms with Gasteiger partial charge in [0.25, 0.3) is 0 Å². The van der Waals surface area contributed by atoms with Crippen molar-refractivity contribution in [3.63, 3.8) is 0 Å². The van der Waals surface area contributed by atoms with Gasteiger partial charge in [0.05, 0.1) is 13.5 Å². The smallest absolute Gasteiger partial charge is 0.389 e. The maximum atomic E-state index is 12.4. The predicted octanol–water partition coefficient (Wildman–Crippen LogP) is 3.08. The molecule has 0 aliphatic heterocycles. The molecular formula is C12H16F3NO. The highest BCUT2D eigenvalue weighted by atomic mass is 19.4. The number of halogens is 3. The Morgan fingerprint density at radius 1 is 1.24 bits per heavy atom. The normalized spacial score (nSPS) is 13.5. The average molecular weight is 247 g/mol. The fourth-order valence-corrected chi connectivity index (χ4v) is 1.74. The Kier molecular flexibility index (Phi) is 4.81. The van der Waals surface area contributed by atoms with Crippen LogP contribution in [0.1, 0.15) is 24.3 Å².